The van der Waals surface area contributed by atoms with Gasteiger partial charge in [0.05, 0.1) is 19.9 Å². The third-order valence-corrected chi connectivity index (χ3v) is 5.05. The number of ether oxygens (including phenoxy) is 1. The summed E-state index contributed by atoms with van der Waals surface area (Å²) in [7, 11) is 1.64. The summed E-state index contributed by atoms with van der Waals surface area (Å²) in [5, 5.41) is 8.15. The number of hydrogen-bond acceptors (Lipinski definition) is 3. The minimum absolute atomic E-state index is 0.0330. The molecule has 6 heteroatoms. The molecule has 0 aliphatic carbocycles. The van der Waals surface area contributed by atoms with Crippen molar-refractivity contribution >= 4 is 23.3 Å². The Balaban J connectivity index is 1.75. The molecule has 26 heavy (non-hydrogen) atoms. The molecule has 1 aliphatic rings. The lowest BCUT2D eigenvalue weighted by Gasteiger charge is -2.25. The molecule has 1 unspecified atom stereocenters. The molecule has 0 fully saturated rings. The summed E-state index contributed by atoms with van der Waals surface area (Å²) < 4.78 is 7.28. The number of benzene rings is 2. The standard InChI is InChI=1S/C20H18ClN3O2/c1-26-18-9-5-3-7-14(18)15-10-19(25)23-20-16(15)11-22-24(20)12-13-6-2-4-8-17(13)21/h2-9,11,15H,10,12H2,1H3,(H,23,25). The number of amides is 1. The van der Waals surface area contributed by atoms with E-state index >= 15 is 0 Å². The minimum atomic E-state index is -0.0881. The van der Waals surface area contributed by atoms with Gasteiger partial charge in [0.2, 0.25) is 5.91 Å². The molecule has 1 aromatic heterocycles. The molecule has 0 saturated carbocycles. The number of methoxy groups -OCH3 is 1. The Kier molecular flexibility index (Phi) is 4.39. The van der Waals surface area contributed by atoms with Crippen LogP contribution in [0.3, 0.4) is 0 Å². The van der Waals surface area contributed by atoms with Crippen molar-refractivity contribution in [1.82, 2.24) is 9.78 Å². The lowest BCUT2D eigenvalue weighted by Crippen LogP contribution is -2.25. The minimum Gasteiger partial charge on any atom is -0.496 e. The SMILES string of the molecule is COc1ccccc1C1CC(=O)Nc2c1cnn2Cc1ccccc1Cl. The zero-order valence-electron chi connectivity index (χ0n) is 14.3. The molecule has 1 atom stereocenters. The Bertz CT molecular complexity index is 967. The van der Waals surface area contributed by atoms with Gasteiger partial charge >= 0.3 is 0 Å². The first kappa shape index (κ1) is 16.7. The van der Waals surface area contributed by atoms with Crippen molar-refractivity contribution in [3.63, 3.8) is 0 Å². The highest BCUT2D eigenvalue weighted by Crippen LogP contribution is 2.40. The van der Waals surface area contributed by atoms with Gasteiger partial charge in [0.15, 0.2) is 0 Å². The average molecular weight is 368 g/mol. The Hall–Kier alpha value is -2.79. The molecule has 0 bridgehead atoms. The number of hydrogen-bond donors (Lipinski definition) is 1. The number of carbonyl (C=O) groups is 1. The summed E-state index contributed by atoms with van der Waals surface area (Å²) >= 11 is 6.27. The summed E-state index contributed by atoms with van der Waals surface area (Å²) in [5.74, 6) is 1.37. The Morgan fingerprint density at radius 1 is 1.19 bits per heavy atom. The van der Waals surface area contributed by atoms with Gasteiger partial charge in [0.25, 0.3) is 0 Å². The Morgan fingerprint density at radius 3 is 2.77 bits per heavy atom. The first-order valence-corrected chi connectivity index (χ1v) is 8.77. The highest BCUT2D eigenvalue weighted by Gasteiger charge is 2.31. The molecular weight excluding hydrogens is 350 g/mol. The van der Waals surface area contributed by atoms with Crippen molar-refractivity contribution in [1.29, 1.82) is 0 Å². The fourth-order valence-electron chi connectivity index (χ4n) is 3.41. The van der Waals surface area contributed by atoms with Crippen molar-refractivity contribution < 1.29 is 9.53 Å². The molecule has 1 N–H and O–H groups in total. The highest BCUT2D eigenvalue weighted by atomic mass is 35.5. The second-order valence-corrected chi connectivity index (χ2v) is 6.65. The van der Waals surface area contributed by atoms with E-state index in [1.165, 1.54) is 0 Å². The van der Waals surface area contributed by atoms with Crippen LogP contribution in [0, 0.1) is 0 Å². The number of aromatic nitrogens is 2. The van der Waals surface area contributed by atoms with Crippen LogP contribution in [0.1, 0.15) is 29.0 Å². The van der Waals surface area contributed by atoms with Gasteiger partial charge in [-0.15, -0.1) is 0 Å². The third-order valence-electron chi connectivity index (χ3n) is 4.68. The molecule has 1 amide bonds. The van der Waals surface area contributed by atoms with Gasteiger partial charge in [-0.3, -0.25) is 4.79 Å². The maximum Gasteiger partial charge on any atom is 0.226 e. The van der Waals surface area contributed by atoms with Crippen molar-refractivity contribution in [2.75, 3.05) is 12.4 Å². The zero-order valence-corrected chi connectivity index (χ0v) is 15.0. The van der Waals surface area contributed by atoms with E-state index in [1.54, 1.807) is 11.8 Å². The second-order valence-electron chi connectivity index (χ2n) is 6.24. The molecule has 4 rings (SSSR count). The summed E-state index contributed by atoms with van der Waals surface area (Å²) in [5.41, 5.74) is 2.93. The van der Waals surface area contributed by atoms with Crippen LogP contribution in [-0.4, -0.2) is 22.8 Å². The van der Waals surface area contributed by atoms with Crippen LogP contribution in [0.2, 0.25) is 5.02 Å². The molecule has 1 aliphatic heterocycles. The predicted octanol–water partition coefficient (Wildman–Crippen LogP) is 4.07. The highest BCUT2D eigenvalue weighted by molar-refractivity contribution is 6.31. The maximum absolute atomic E-state index is 12.4. The number of anilines is 1. The van der Waals surface area contributed by atoms with Crippen LogP contribution in [0.25, 0.3) is 0 Å². The van der Waals surface area contributed by atoms with Gasteiger partial charge < -0.3 is 10.1 Å². The number of halogens is 1. The lowest BCUT2D eigenvalue weighted by molar-refractivity contribution is -0.116. The van der Waals surface area contributed by atoms with E-state index in [0.29, 0.717) is 18.0 Å². The molecule has 2 aromatic carbocycles. The van der Waals surface area contributed by atoms with E-state index in [9.17, 15) is 4.79 Å². The van der Waals surface area contributed by atoms with E-state index in [-0.39, 0.29) is 11.8 Å². The summed E-state index contributed by atoms with van der Waals surface area (Å²) in [6.07, 6.45) is 2.19. The van der Waals surface area contributed by atoms with Gasteiger partial charge in [-0.05, 0) is 17.7 Å². The van der Waals surface area contributed by atoms with Gasteiger partial charge in [-0.2, -0.15) is 5.10 Å². The fraction of sp³-hybridized carbons (Fsp3) is 0.200. The number of carbonyl (C=O) groups excluding carboxylic acids is 1. The van der Waals surface area contributed by atoms with Crippen LogP contribution in [0.5, 0.6) is 5.75 Å². The number of rotatable bonds is 4. The van der Waals surface area contributed by atoms with Crippen molar-refractivity contribution in [3.8, 4) is 5.75 Å². The topological polar surface area (TPSA) is 56.1 Å². The van der Waals surface area contributed by atoms with Gasteiger partial charge in [0.1, 0.15) is 11.6 Å². The number of nitrogens with one attached hydrogen (secondary N) is 1. The van der Waals surface area contributed by atoms with E-state index < -0.39 is 0 Å². The average Bonchev–Trinajstić information content (AvgIpc) is 3.05. The maximum atomic E-state index is 12.4. The van der Waals surface area contributed by atoms with Crippen molar-refractivity contribution in [2.24, 2.45) is 0 Å². The second kappa shape index (κ2) is 6.84. The third kappa shape index (κ3) is 2.95. The van der Waals surface area contributed by atoms with E-state index in [0.717, 1.165) is 28.3 Å². The molecule has 0 spiro atoms. The summed E-state index contributed by atoms with van der Waals surface area (Å²) in [6.45, 7) is 0.494. The van der Waals surface area contributed by atoms with Crippen LogP contribution in [-0.2, 0) is 11.3 Å². The molecular formula is C20H18ClN3O2. The van der Waals surface area contributed by atoms with Crippen molar-refractivity contribution in [3.05, 3.63) is 76.4 Å². The zero-order chi connectivity index (χ0) is 18.1. The molecule has 5 nitrogen and oxygen atoms in total. The van der Waals surface area contributed by atoms with Crippen LogP contribution >= 0.6 is 11.6 Å². The molecule has 0 saturated heterocycles. The molecule has 2 heterocycles. The molecule has 132 valence electrons. The first-order chi connectivity index (χ1) is 12.7. The number of para-hydroxylation sites is 1. The lowest BCUT2D eigenvalue weighted by atomic mass is 9.87. The Labute approximate surface area is 156 Å². The largest absolute Gasteiger partial charge is 0.496 e. The normalized spacial score (nSPS) is 16.1. The van der Waals surface area contributed by atoms with Crippen LogP contribution < -0.4 is 10.1 Å². The molecule has 0 radical (unpaired) electrons. The van der Waals surface area contributed by atoms with E-state index in [4.69, 9.17) is 16.3 Å². The first-order valence-electron chi connectivity index (χ1n) is 8.39. The smallest absolute Gasteiger partial charge is 0.226 e. The van der Waals surface area contributed by atoms with E-state index in [2.05, 4.69) is 10.4 Å². The molecule has 3 aromatic rings. The monoisotopic (exact) mass is 367 g/mol. The van der Waals surface area contributed by atoms with Gasteiger partial charge in [-0.1, -0.05) is 48.0 Å². The van der Waals surface area contributed by atoms with Gasteiger partial charge in [0, 0.05) is 28.5 Å². The van der Waals surface area contributed by atoms with Crippen LogP contribution in [0.4, 0.5) is 5.82 Å². The summed E-state index contributed by atoms with van der Waals surface area (Å²) in [4.78, 5) is 12.4. The Morgan fingerprint density at radius 2 is 1.96 bits per heavy atom. The van der Waals surface area contributed by atoms with Gasteiger partial charge in [-0.25, -0.2) is 4.68 Å². The number of fused-ring (bicyclic) bond motifs is 1. The number of nitrogens with zero attached hydrogens (tertiary/aromatic N) is 2. The van der Waals surface area contributed by atoms with Crippen molar-refractivity contribution in [2.45, 2.75) is 18.9 Å². The quantitative estimate of drug-likeness (QED) is 0.756. The summed E-state index contributed by atoms with van der Waals surface area (Å²) in [6, 6.07) is 15.4. The predicted molar refractivity (Wildman–Crippen MR) is 101 cm³/mol. The van der Waals surface area contributed by atoms with E-state index in [1.807, 2.05) is 54.7 Å². The van der Waals surface area contributed by atoms with Crippen LogP contribution in [0.15, 0.2) is 54.7 Å². The fourth-order valence-corrected chi connectivity index (χ4v) is 3.61.